The summed E-state index contributed by atoms with van der Waals surface area (Å²) in [5.41, 5.74) is 6.05. The van der Waals surface area contributed by atoms with Crippen LogP contribution in [0.5, 0.6) is 0 Å². The fourth-order valence-electron chi connectivity index (χ4n) is 2.44. The number of carbonyl (C=O) groups excluding carboxylic acids is 1. The molecule has 0 aromatic heterocycles. The number of nitrogens with zero attached hydrogens (tertiary/aromatic N) is 1. The highest BCUT2D eigenvalue weighted by Gasteiger charge is 2.29. The number of anilines is 1. The lowest BCUT2D eigenvalue weighted by atomic mass is 9.99. The Kier molecular flexibility index (Phi) is 8.42. The van der Waals surface area contributed by atoms with E-state index >= 15 is 0 Å². The molecule has 1 aromatic rings. The predicted molar refractivity (Wildman–Crippen MR) is 99.3 cm³/mol. The van der Waals surface area contributed by atoms with E-state index < -0.39 is 32.7 Å². The number of benzene rings is 1. The summed E-state index contributed by atoms with van der Waals surface area (Å²) in [5, 5.41) is 2.56. The quantitative estimate of drug-likeness (QED) is 0.742. The van der Waals surface area contributed by atoms with Crippen molar-refractivity contribution < 1.29 is 22.3 Å². The Morgan fingerprint density at radius 3 is 2.58 bits per heavy atom. The molecular formula is C16H25ClFN3O4S. The number of rotatable bonds is 6. The molecule has 0 spiro atoms. The van der Waals surface area contributed by atoms with E-state index in [2.05, 4.69) is 5.32 Å². The van der Waals surface area contributed by atoms with Crippen molar-refractivity contribution >= 4 is 34.0 Å². The van der Waals surface area contributed by atoms with Gasteiger partial charge in [0.1, 0.15) is 10.7 Å². The van der Waals surface area contributed by atoms with Crippen molar-refractivity contribution in [3.8, 4) is 0 Å². The van der Waals surface area contributed by atoms with Crippen molar-refractivity contribution in [3.63, 3.8) is 0 Å². The summed E-state index contributed by atoms with van der Waals surface area (Å²) in [6, 6.07) is 2.74. The summed E-state index contributed by atoms with van der Waals surface area (Å²) in [4.78, 5) is 11.7. The second-order valence-corrected chi connectivity index (χ2v) is 7.97. The average Bonchev–Trinajstić information content (AvgIpc) is 2.62. The van der Waals surface area contributed by atoms with Gasteiger partial charge in [0.15, 0.2) is 0 Å². The fraction of sp³-hybridized carbons (Fsp3) is 0.562. The van der Waals surface area contributed by atoms with E-state index in [0.29, 0.717) is 0 Å². The Bertz CT molecular complexity index is 726. The maximum absolute atomic E-state index is 14.1. The van der Waals surface area contributed by atoms with Gasteiger partial charge in [-0.1, -0.05) is 20.3 Å². The van der Waals surface area contributed by atoms with Crippen LogP contribution in [0, 0.1) is 11.7 Å². The third-order valence-electron chi connectivity index (χ3n) is 4.35. The van der Waals surface area contributed by atoms with Crippen molar-refractivity contribution in [3.05, 3.63) is 24.0 Å². The van der Waals surface area contributed by atoms with Crippen molar-refractivity contribution in [1.29, 1.82) is 0 Å². The van der Waals surface area contributed by atoms with Crippen LogP contribution < -0.4 is 11.1 Å². The molecule has 1 fully saturated rings. The lowest BCUT2D eigenvalue weighted by Crippen LogP contribution is -2.41. The molecule has 2 rings (SSSR count). The average molecular weight is 410 g/mol. The van der Waals surface area contributed by atoms with Crippen LogP contribution in [0.3, 0.4) is 0 Å². The SMILES string of the molecule is CCC(C)C(N)C(=O)Nc1ccc(F)c(S(=O)(=O)N2CCOCC2)c1.Cl. The van der Waals surface area contributed by atoms with Crippen molar-refractivity contribution in [2.24, 2.45) is 11.7 Å². The molecule has 1 aliphatic rings. The van der Waals surface area contributed by atoms with Gasteiger partial charge in [-0.05, 0) is 24.1 Å². The van der Waals surface area contributed by atoms with Crippen LogP contribution in [0.25, 0.3) is 0 Å². The van der Waals surface area contributed by atoms with Crippen LogP contribution in [0.1, 0.15) is 20.3 Å². The second kappa shape index (κ2) is 9.61. The van der Waals surface area contributed by atoms with Crippen molar-refractivity contribution in [1.82, 2.24) is 4.31 Å². The zero-order valence-corrected chi connectivity index (χ0v) is 16.4. The van der Waals surface area contributed by atoms with E-state index in [1.54, 1.807) is 0 Å². The van der Waals surface area contributed by atoms with Crippen LogP contribution >= 0.6 is 12.4 Å². The van der Waals surface area contributed by atoms with Gasteiger partial charge < -0.3 is 15.8 Å². The number of ether oxygens (including phenoxy) is 1. The molecule has 2 atom stereocenters. The van der Waals surface area contributed by atoms with Crippen LogP contribution in [-0.4, -0.2) is 51.0 Å². The summed E-state index contributed by atoms with van der Waals surface area (Å²) in [5.74, 6) is -1.33. The molecular weight excluding hydrogens is 385 g/mol. The van der Waals surface area contributed by atoms with Crippen LogP contribution in [0.2, 0.25) is 0 Å². The maximum Gasteiger partial charge on any atom is 0.246 e. The minimum absolute atomic E-state index is 0. The summed E-state index contributed by atoms with van der Waals surface area (Å²) >= 11 is 0. The first-order valence-corrected chi connectivity index (χ1v) is 9.65. The molecule has 1 aliphatic heterocycles. The molecule has 148 valence electrons. The third-order valence-corrected chi connectivity index (χ3v) is 6.26. The van der Waals surface area contributed by atoms with E-state index in [-0.39, 0.29) is 50.3 Å². The normalized spacial score (nSPS) is 17.8. The molecule has 26 heavy (non-hydrogen) atoms. The number of amides is 1. The topological polar surface area (TPSA) is 102 Å². The van der Waals surface area contributed by atoms with Gasteiger partial charge in [0.25, 0.3) is 0 Å². The highest BCUT2D eigenvalue weighted by molar-refractivity contribution is 7.89. The fourth-order valence-corrected chi connectivity index (χ4v) is 3.94. The minimum atomic E-state index is -4.00. The van der Waals surface area contributed by atoms with E-state index in [1.165, 1.54) is 10.4 Å². The Morgan fingerprint density at radius 2 is 2.00 bits per heavy atom. The number of halogens is 2. The van der Waals surface area contributed by atoms with Gasteiger partial charge in [0, 0.05) is 18.8 Å². The molecule has 0 aliphatic carbocycles. The van der Waals surface area contributed by atoms with E-state index in [4.69, 9.17) is 10.5 Å². The second-order valence-electron chi connectivity index (χ2n) is 6.06. The van der Waals surface area contributed by atoms with E-state index in [0.717, 1.165) is 18.6 Å². The highest BCUT2D eigenvalue weighted by Crippen LogP contribution is 2.24. The molecule has 1 amide bonds. The first kappa shape index (κ1) is 22.8. The molecule has 10 heteroatoms. The van der Waals surface area contributed by atoms with Gasteiger partial charge in [0.2, 0.25) is 15.9 Å². The maximum atomic E-state index is 14.1. The molecule has 7 nitrogen and oxygen atoms in total. The summed E-state index contributed by atoms with van der Waals surface area (Å²) in [6.45, 7) is 4.63. The number of nitrogens with one attached hydrogen (secondary N) is 1. The number of sulfonamides is 1. The number of hydrogen-bond acceptors (Lipinski definition) is 5. The number of nitrogens with two attached hydrogens (primary N) is 1. The molecule has 3 N–H and O–H groups in total. The molecule has 0 bridgehead atoms. The summed E-state index contributed by atoms with van der Waals surface area (Å²) < 4.78 is 45.7. The van der Waals surface area contributed by atoms with Gasteiger partial charge in [-0.3, -0.25) is 4.79 Å². The smallest absolute Gasteiger partial charge is 0.246 e. The third kappa shape index (κ3) is 5.14. The number of morpholine rings is 1. The lowest BCUT2D eigenvalue weighted by molar-refractivity contribution is -0.118. The minimum Gasteiger partial charge on any atom is -0.379 e. The molecule has 1 heterocycles. The van der Waals surface area contributed by atoms with Crippen LogP contribution in [0.4, 0.5) is 10.1 Å². The Labute approximate surface area is 159 Å². The lowest BCUT2D eigenvalue weighted by Gasteiger charge is -2.26. The van der Waals surface area contributed by atoms with Gasteiger partial charge >= 0.3 is 0 Å². The molecule has 1 aromatic carbocycles. The van der Waals surface area contributed by atoms with E-state index in [9.17, 15) is 17.6 Å². The standard InChI is InChI=1S/C16H24FN3O4S.ClH/c1-3-11(2)15(18)16(21)19-12-4-5-13(17)14(10-12)25(22,23)20-6-8-24-9-7-20;/h4-5,10-11,15H,3,6-9,18H2,1-2H3,(H,19,21);1H. The molecule has 0 saturated carbocycles. The van der Waals surface area contributed by atoms with E-state index in [1.807, 2.05) is 13.8 Å². The molecule has 0 radical (unpaired) electrons. The first-order chi connectivity index (χ1) is 11.8. The zero-order chi connectivity index (χ0) is 18.6. The van der Waals surface area contributed by atoms with Gasteiger partial charge in [-0.15, -0.1) is 12.4 Å². The summed E-state index contributed by atoms with van der Waals surface area (Å²) in [7, 11) is -4.00. The van der Waals surface area contributed by atoms with Gasteiger partial charge in [-0.25, -0.2) is 12.8 Å². The Hall–Kier alpha value is -1.26. The monoisotopic (exact) mass is 409 g/mol. The van der Waals surface area contributed by atoms with Crippen LogP contribution in [0.15, 0.2) is 23.1 Å². The molecule has 2 unspecified atom stereocenters. The zero-order valence-electron chi connectivity index (χ0n) is 14.8. The number of hydrogen-bond donors (Lipinski definition) is 2. The Balaban J connectivity index is 0.00000338. The van der Waals surface area contributed by atoms with Crippen LogP contribution in [-0.2, 0) is 19.6 Å². The molecule has 1 saturated heterocycles. The van der Waals surface area contributed by atoms with Gasteiger partial charge in [-0.2, -0.15) is 4.31 Å². The predicted octanol–water partition coefficient (Wildman–Crippen LogP) is 1.58. The van der Waals surface area contributed by atoms with Crippen molar-refractivity contribution in [2.45, 2.75) is 31.2 Å². The highest BCUT2D eigenvalue weighted by atomic mass is 35.5. The first-order valence-electron chi connectivity index (χ1n) is 8.21. The Morgan fingerprint density at radius 1 is 1.38 bits per heavy atom. The van der Waals surface area contributed by atoms with Crippen molar-refractivity contribution in [2.75, 3.05) is 31.6 Å². The summed E-state index contributed by atoms with van der Waals surface area (Å²) in [6.07, 6.45) is 0.731. The van der Waals surface area contributed by atoms with Gasteiger partial charge in [0.05, 0.1) is 19.3 Å². The number of carbonyl (C=O) groups is 1. The largest absolute Gasteiger partial charge is 0.379 e.